The molecule has 0 aromatic carbocycles. The van der Waals surface area contributed by atoms with Crippen molar-refractivity contribution in [3.05, 3.63) is 36.0 Å². The third-order valence-electron chi connectivity index (χ3n) is 4.90. The summed E-state index contributed by atoms with van der Waals surface area (Å²) in [6, 6.07) is 4.88. The average molecular weight is 313 g/mol. The number of nitrogens with zero attached hydrogens (tertiary/aromatic N) is 5. The molecule has 2 aromatic heterocycles. The Morgan fingerprint density at radius 3 is 2.65 bits per heavy atom. The first-order valence-corrected chi connectivity index (χ1v) is 8.58. The molecule has 0 spiro atoms. The third kappa shape index (κ3) is 3.37. The van der Waals surface area contributed by atoms with Gasteiger partial charge in [-0.05, 0) is 37.0 Å². The minimum absolute atomic E-state index is 0.506. The highest BCUT2D eigenvalue weighted by Crippen LogP contribution is 2.36. The lowest BCUT2D eigenvalue weighted by Crippen LogP contribution is -2.30. The van der Waals surface area contributed by atoms with Gasteiger partial charge in [0.15, 0.2) is 0 Å². The van der Waals surface area contributed by atoms with Crippen molar-refractivity contribution >= 4 is 6.01 Å². The van der Waals surface area contributed by atoms with E-state index in [1.54, 1.807) is 0 Å². The van der Waals surface area contributed by atoms with E-state index in [0.717, 1.165) is 45.0 Å². The van der Waals surface area contributed by atoms with Crippen molar-refractivity contribution in [1.82, 2.24) is 20.1 Å². The molecule has 6 nitrogen and oxygen atoms in total. The van der Waals surface area contributed by atoms with Crippen molar-refractivity contribution in [2.75, 3.05) is 31.1 Å². The van der Waals surface area contributed by atoms with E-state index in [1.807, 2.05) is 12.4 Å². The van der Waals surface area contributed by atoms with E-state index in [1.165, 1.54) is 24.8 Å². The summed E-state index contributed by atoms with van der Waals surface area (Å²) in [7, 11) is 0. The molecule has 2 aliphatic rings. The maximum Gasteiger partial charge on any atom is 0.318 e. The van der Waals surface area contributed by atoms with Crippen LogP contribution in [0.25, 0.3) is 0 Å². The number of aromatic nitrogens is 3. The van der Waals surface area contributed by atoms with Crippen LogP contribution in [0.5, 0.6) is 0 Å². The molecule has 0 amide bonds. The molecular weight excluding hydrogens is 290 g/mol. The number of rotatable bonds is 4. The first kappa shape index (κ1) is 14.6. The van der Waals surface area contributed by atoms with E-state index in [-0.39, 0.29) is 0 Å². The summed E-state index contributed by atoms with van der Waals surface area (Å²) in [4.78, 5) is 8.81. The number of anilines is 1. The van der Waals surface area contributed by atoms with Crippen molar-refractivity contribution in [1.29, 1.82) is 0 Å². The lowest BCUT2D eigenvalue weighted by Gasteiger charge is -2.22. The van der Waals surface area contributed by atoms with Gasteiger partial charge in [-0.2, -0.15) is 0 Å². The molecule has 0 bridgehead atoms. The van der Waals surface area contributed by atoms with Crippen molar-refractivity contribution in [3.63, 3.8) is 0 Å². The smallest absolute Gasteiger partial charge is 0.318 e. The monoisotopic (exact) mass is 313 g/mol. The van der Waals surface area contributed by atoms with Crippen LogP contribution in [0.15, 0.2) is 28.9 Å². The van der Waals surface area contributed by atoms with Gasteiger partial charge in [-0.1, -0.05) is 11.5 Å². The quantitative estimate of drug-likeness (QED) is 0.864. The molecule has 0 radical (unpaired) electrons. The Labute approximate surface area is 136 Å². The fourth-order valence-corrected chi connectivity index (χ4v) is 3.24. The van der Waals surface area contributed by atoms with Gasteiger partial charge in [0, 0.05) is 51.0 Å². The summed E-state index contributed by atoms with van der Waals surface area (Å²) in [5, 5.41) is 8.53. The molecule has 1 aliphatic carbocycles. The topological polar surface area (TPSA) is 58.3 Å². The van der Waals surface area contributed by atoms with E-state index in [0.29, 0.717) is 11.9 Å². The fraction of sp³-hybridized carbons (Fsp3) is 0.588. The molecule has 1 aliphatic heterocycles. The highest BCUT2D eigenvalue weighted by Gasteiger charge is 2.27. The van der Waals surface area contributed by atoms with Crippen LogP contribution in [0.2, 0.25) is 0 Å². The standard InChI is InChI=1S/C17H23N5O/c1-3-15(4-1)16-19-20-17(23-16)22-10-2-9-21(11-12-22)13-14-5-7-18-8-6-14/h5-8,15H,1-4,9-13H2. The Bertz CT molecular complexity index is 625. The molecule has 3 heterocycles. The second kappa shape index (κ2) is 6.66. The van der Waals surface area contributed by atoms with Crippen molar-refractivity contribution in [2.45, 2.75) is 38.1 Å². The van der Waals surface area contributed by atoms with Crippen LogP contribution in [0.3, 0.4) is 0 Å². The number of pyridine rings is 1. The van der Waals surface area contributed by atoms with Crippen LogP contribution in [-0.4, -0.2) is 46.3 Å². The van der Waals surface area contributed by atoms with Gasteiger partial charge in [-0.25, -0.2) is 0 Å². The maximum atomic E-state index is 5.91. The molecule has 23 heavy (non-hydrogen) atoms. The van der Waals surface area contributed by atoms with E-state index in [9.17, 15) is 0 Å². The summed E-state index contributed by atoms with van der Waals surface area (Å²) >= 11 is 0. The Morgan fingerprint density at radius 1 is 1.00 bits per heavy atom. The van der Waals surface area contributed by atoms with Gasteiger partial charge in [0.1, 0.15) is 0 Å². The normalized spacial score (nSPS) is 20.3. The second-order valence-electron chi connectivity index (χ2n) is 6.52. The van der Waals surface area contributed by atoms with E-state index >= 15 is 0 Å². The lowest BCUT2D eigenvalue weighted by atomic mass is 9.85. The summed E-state index contributed by atoms with van der Waals surface area (Å²) in [6.07, 6.45) is 8.52. The van der Waals surface area contributed by atoms with E-state index in [4.69, 9.17) is 4.42 Å². The van der Waals surface area contributed by atoms with Gasteiger partial charge in [-0.3, -0.25) is 9.88 Å². The highest BCUT2D eigenvalue weighted by atomic mass is 16.4. The summed E-state index contributed by atoms with van der Waals surface area (Å²) < 4.78 is 5.91. The average Bonchev–Trinajstić information content (AvgIpc) is 2.87. The van der Waals surface area contributed by atoms with Crippen LogP contribution in [-0.2, 0) is 6.54 Å². The van der Waals surface area contributed by atoms with E-state index in [2.05, 4.69) is 37.1 Å². The zero-order valence-electron chi connectivity index (χ0n) is 13.4. The molecular formula is C17H23N5O. The molecule has 4 rings (SSSR count). The van der Waals surface area contributed by atoms with Gasteiger partial charge in [0.25, 0.3) is 0 Å². The van der Waals surface area contributed by atoms with Crippen molar-refractivity contribution < 1.29 is 4.42 Å². The lowest BCUT2D eigenvalue weighted by molar-refractivity contribution is 0.285. The second-order valence-corrected chi connectivity index (χ2v) is 6.52. The largest absolute Gasteiger partial charge is 0.408 e. The van der Waals surface area contributed by atoms with Crippen LogP contribution >= 0.6 is 0 Å². The molecule has 1 saturated heterocycles. The van der Waals surface area contributed by atoms with Crippen molar-refractivity contribution in [3.8, 4) is 0 Å². The Hall–Kier alpha value is -1.95. The Morgan fingerprint density at radius 2 is 1.87 bits per heavy atom. The molecule has 122 valence electrons. The van der Waals surface area contributed by atoms with Gasteiger partial charge < -0.3 is 9.32 Å². The first-order chi connectivity index (χ1) is 11.4. The van der Waals surface area contributed by atoms with Crippen LogP contribution in [0.4, 0.5) is 6.01 Å². The molecule has 2 fully saturated rings. The third-order valence-corrected chi connectivity index (χ3v) is 4.90. The maximum absolute atomic E-state index is 5.91. The minimum atomic E-state index is 0.506. The Balaban J connectivity index is 1.36. The highest BCUT2D eigenvalue weighted by molar-refractivity contribution is 5.25. The van der Waals surface area contributed by atoms with Gasteiger partial charge >= 0.3 is 6.01 Å². The summed E-state index contributed by atoms with van der Waals surface area (Å²) in [5.41, 5.74) is 1.32. The molecule has 1 saturated carbocycles. The van der Waals surface area contributed by atoms with E-state index < -0.39 is 0 Å². The summed E-state index contributed by atoms with van der Waals surface area (Å²) in [5.74, 6) is 1.34. The van der Waals surface area contributed by atoms with Gasteiger partial charge in [-0.15, -0.1) is 5.10 Å². The molecule has 0 N–H and O–H groups in total. The molecule has 0 atom stereocenters. The molecule has 0 unspecified atom stereocenters. The zero-order valence-corrected chi connectivity index (χ0v) is 13.4. The first-order valence-electron chi connectivity index (χ1n) is 8.58. The predicted molar refractivity (Wildman–Crippen MR) is 87.2 cm³/mol. The number of hydrogen-bond donors (Lipinski definition) is 0. The summed E-state index contributed by atoms with van der Waals surface area (Å²) in [6.45, 7) is 5.02. The van der Waals surface area contributed by atoms with Gasteiger partial charge in [0.2, 0.25) is 5.89 Å². The SMILES string of the molecule is c1cc(CN2CCCN(c3nnc(C4CCC4)o3)CC2)ccn1. The van der Waals surface area contributed by atoms with Crippen LogP contribution in [0, 0.1) is 0 Å². The Kier molecular flexibility index (Phi) is 4.24. The van der Waals surface area contributed by atoms with Crippen molar-refractivity contribution in [2.24, 2.45) is 0 Å². The zero-order chi connectivity index (χ0) is 15.5. The van der Waals surface area contributed by atoms with Crippen LogP contribution in [0.1, 0.15) is 43.1 Å². The van der Waals surface area contributed by atoms with Gasteiger partial charge in [0.05, 0.1) is 0 Å². The van der Waals surface area contributed by atoms with Crippen LogP contribution < -0.4 is 4.90 Å². The molecule has 2 aromatic rings. The minimum Gasteiger partial charge on any atom is -0.408 e. The fourth-order valence-electron chi connectivity index (χ4n) is 3.24. The predicted octanol–water partition coefficient (Wildman–Crippen LogP) is 2.44. The molecule has 6 heteroatoms. The number of hydrogen-bond acceptors (Lipinski definition) is 6.